The number of hydrogen-bond acceptors (Lipinski definition) is 4. The molecule has 0 aliphatic rings. The normalized spacial score (nSPS) is 9.73. The van der Waals surface area contributed by atoms with Gasteiger partial charge >= 0.3 is 0 Å². The standard InChI is InChI=1S/C9H10N2O3S/c1-2-6-3-4-7(9(12)10-15)5-8(6)11(13)14/h3-5,15H,2H2,1H3,(H,10,12). The van der Waals surface area contributed by atoms with Crippen LogP contribution in [0.2, 0.25) is 0 Å². The van der Waals surface area contributed by atoms with Gasteiger partial charge in [-0.3, -0.25) is 19.6 Å². The van der Waals surface area contributed by atoms with Gasteiger partial charge in [0, 0.05) is 17.2 Å². The molecule has 1 aromatic carbocycles. The fraction of sp³-hybridized carbons (Fsp3) is 0.222. The number of carbonyl (C=O) groups excluding carboxylic acids is 1. The van der Waals surface area contributed by atoms with Crippen molar-refractivity contribution < 1.29 is 9.72 Å². The molecule has 80 valence electrons. The molecule has 0 fully saturated rings. The first kappa shape index (κ1) is 11.5. The fourth-order valence-corrected chi connectivity index (χ4v) is 1.37. The monoisotopic (exact) mass is 226 g/mol. The number of benzene rings is 1. The summed E-state index contributed by atoms with van der Waals surface area (Å²) in [6, 6.07) is 4.37. The molecule has 0 aliphatic carbocycles. The Bertz CT molecular complexity index is 406. The van der Waals surface area contributed by atoms with Crippen molar-refractivity contribution in [3.8, 4) is 0 Å². The molecule has 0 aliphatic heterocycles. The van der Waals surface area contributed by atoms with Crippen molar-refractivity contribution in [2.45, 2.75) is 13.3 Å². The number of rotatable bonds is 3. The quantitative estimate of drug-likeness (QED) is 0.468. The van der Waals surface area contributed by atoms with Gasteiger partial charge < -0.3 is 0 Å². The molecule has 0 saturated heterocycles. The number of amides is 1. The van der Waals surface area contributed by atoms with Crippen LogP contribution in [0.1, 0.15) is 22.8 Å². The second kappa shape index (κ2) is 4.79. The smallest absolute Gasteiger partial charge is 0.273 e. The molecule has 1 amide bonds. The van der Waals surface area contributed by atoms with Gasteiger partial charge in [0.2, 0.25) is 0 Å². The van der Waals surface area contributed by atoms with Crippen molar-refractivity contribution in [1.82, 2.24) is 4.72 Å². The zero-order valence-corrected chi connectivity index (χ0v) is 8.95. The predicted octanol–water partition coefficient (Wildman–Crippen LogP) is 1.73. The van der Waals surface area contributed by atoms with Gasteiger partial charge in [-0.1, -0.05) is 25.8 Å². The van der Waals surface area contributed by atoms with Gasteiger partial charge in [-0.05, 0) is 12.5 Å². The molecule has 0 aromatic heterocycles. The Hall–Kier alpha value is -1.56. The van der Waals surface area contributed by atoms with E-state index in [2.05, 4.69) is 17.5 Å². The summed E-state index contributed by atoms with van der Waals surface area (Å²) < 4.78 is 2.12. The van der Waals surface area contributed by atoms with Crippen LogP contribution in [0.25, 0.3) is 0 Å². The van der Waals surface area contributed by atoms with E-state index in [9.17, 15) is 14.9 Å². The minimum Gasteiger partial charge on any atom is -0.299 e. The summed E-state index contributed by atoms with van der Waals surface area (Å²) in [6.45, 7) is 1.82. The summed E-state index contributed by atoms with van der Waals surface area (Å²) in [7, 11) is 0. The minimum absolute atomic E-state index is 0.0352. The van der Waals surface area contributed by atoms with E-state index in [1.54, 1.807) is 6.07 Å². The highest BCUT2D eigenvalue weighted by Crippen LogP contribution is 2.20. The highest BCUT2D eigenvalue weighted by Gasteiger charge is 2.15. The van der Waals surface area contributed by atoms with E-state index in [4.69, 9.17) is 0 Å². The van der Waals surface area contributed by atoms with Crippen molar-refractivity contribution in [2.75, 3.05) is 0 Å². The van der Waals surface area contributed by atoms with E-state index in [-0.39, 0.29) is 11.3 Å². The molecular weight excluding hydrogens is 216 g/mol. The molecule has 0 saturated carbocycles. The molecule has 0 atom stereocenters. The van der Waals surface area contributed by atoms with E-state index < -0.39 is 10.8 Å². The highest BCUT2D eigenvalue weighted by atomic mass is 32.1. The van der Waals surface area contributed by atoms with Gasteiger partial charge in [0.15, 0.2) is 0 Å². The van der Waals surface area contributed by atoms with E-state index in [0.29, 0.717) is 12.0 Å². The maximum Gasteiger partial charge on any atom is 0.273 e. The van der Waals surface area contributed by atoms with Crippen LogP contribution in [-0.2, 0) is 6.42 Å². The Kier molecular flexibility index (Phi) is 3.68. The van der Waals surface area contributed by atoms with Crippen LogP contribution in [-0.4, -0.2) is 10.8 Å². The van der Waals surface area contributed by atoms with Crippen LogP contribution >= 0.6 is 12.8 Å². The Balaban J connectivity index is 3.22. The van der Waals surface area contributed by atoms with Crippen molar-refractivity contribution in [2.24, 2.45) is 0 Å². The van der Waals surface area contributed by atoms with E-state index in [1.165, 1.54) is 12.1 Å². The first-order valence-electron chi connectivity index (χ1n) is 4.32. The first-order chi connectivity index (χ1) is 7.10. The maximum atomic E-state index is 11.2. The molecule has 5 nitrogen and oxygen atoms in total. The molecule has 1 N–H and O–H groups in total. The average molecular weight is 226 g/mol. The van der Waals surface area contributed by atoms with Gasteiger partial charge in [-0.2, -0.15) is 0 Å². The third-order valence-electron chi connectivity index (χ3n) is 2.03. The van der Waals surface area contributed by atoms with Gasteiger partial charge in [-0.15, -0.1) is 0 Å². The highest BCUT2D eigenvalue weighted by molar-refractivity contribution is 7.78. The topological polar surface area (TPSA) is 72.2 Å². The van der Waals surface area contributed by atoms with Gasteiger partial charge in [-0.25, -0.2) is 0 Å². The zero-order valence-electron chi connectivity index (χ0n) is 8.06. The summed E-state index contributed by atoms with van der Waals surface area (Å²) in [6.07, 6.45) is 0.555. The van der Waals surface area contributed by atoms with Gasteiger partial charge in [0.05, 0.1) is 4.92 Å². The largest absolute Gasteiger partial charge is 0.299 e. The Labute approximate surface area is 92.2 Å². The number of aryl methyl sites for hydroxylation is 1. The second-order valence-corrected chi connectivity index (χ2v) is 3.12. The Morgan fingerprint density at radius 1 is 1.60 bits per heavy atom. The molecule has 0 unspecified atom stereocenters. The lowest BCUT2D eigenvalue weighted by molar-refractivity contribution is -0.385. The lowest BCUT2D eigenvalue weighted by atomic mass is 10.1. The van der Waals surface area contributed by atoms with Crippen LogP contribution in [0.4, 0.5) is 5.69 Å². The van der Waals surface area contributed by atoms with Crippen molar-refractivity contribution in [3.05, 3.63) is 39.4 Å². The van der Waals surface area contributed by atoms with Crippen LogP contribution in [0.3, 0.4) is 0 Å². The molecule has 1 rings (SSSR count). The number of nitrogens with zero attached hydrogens (tertiary/aromatic N) is 1. The number of carbonyl (C=O) groups is 1. The number of nitro benzene ring substituents is 1. The SMILES string of the molecule is CCc1ccc(C(=O)NS)cc1[N+](=O)[O-]. The third-order valence-corrected chi connectivity index (χ3v) is 2.23. The van der Waals surface area contributed by atoms with Crippen molar-refractivity contribution in [1.29, 1.82) is 0 Å². The zero-order chi connectivity index (χ0) is 11.4. The number of nitrogens with one attached hydrogen (secondary N) is 1. The maximum absolute atomic E-state index is 11.2. The van der Waals surface area contributed by atoms with E-state index >= 15 is 0 Å². The lowest BCUT2D eigenvalue weighted by Crippen LogP contribution is -2.13. The van der Waals surface area contributed by atoms with Gasteiger partial charge in [0.25, 0.3) is 11.6 Å². The van der Waals surface area contributed by atoms with Crippen LogP contribution in [0, 0.1) is 10.1 Å². The average Bonchev–Trinajstić information content (AvgIpc) is 2.27. The molecule has 0 heterocycles. The van der Waals surface area contributed by atoms with Crippen LogP contribution in [0.15, 0.2) is 18.2 Å². The molecule has 0 spiro atoms. The lowest BCUT2D eigenvalue weighted by Gasteiger charge is -2.02. The number of thiol groups is 1. The van der Waals surface area contributed by atoms with Crippen LogP contribution < -0.4 is 4.72 Å². The fourth-order valence-electron chi connectivity index (χ4n) is 1.24. The first-order valence-corrected chi connectivity index (χ1v) is 4.76. The predicted molar refractivity (Wildman–Crippen MR) is 58.9 cm³/mol. The summed E-state index contributed by atoms with van der Waals surface area (Å²) in [5.41, 5.74) is 0.802. The molecule has 0 radical (unpaired) electrons. The van der Waals surface area contributed by atoms with E-state index in [0.717, 1.165) is 0 Å². The molecular formula is C9H10N2O3S. The van der Waals surface area contributed by atoms with Crippen molar-refractivity contribution >= 4 is 24.4 Å². The van der Waals surface area contributed by atoms with Crippen LogP contribution in [0.5, 0.6) is 0 Å². The second-order valence-electron chi connectivity index (χ2n) is 2.90. The summed E-state index contributed by atoms with van der Waals surface area (Å²) in [4.78, 5) is 21.4. The number of nitro groups is 1. The Morgan fingerprint density at radius 3 is 2.73 bits per heavy atom. The Morgan fingerprint density at radius 2 is 2.27 bits per heavy atom. The molecule has 6 heteroatoms. The summed E-state index contributed by atoms with van der Waals surface area (Å²) >= 11 is 3.59. The summed E-state index contributed by atoms with van der Waals surface area (Å²) in [5.74, 6) is -0.455. The number of hydrogen-bond donors (Lipinski definition) is 2. The van der Waals surface area contributed by atoms with E-state index in [1.807, 2.05) is 6.92 Å². The molecule has 0 bridgehead atoms. The van der Waals surface area contributed by atoms with Crippen molar-refractivity contribution in [3.63, 3.8) is 0 Å². The minimum atomic E-state index is -0.492. The third kappa shape index (κ3) is 2.47. The summed E-state index contributed by atoms with van der Waals surface area (Å²) in [5, 5.41) is 10.7. The van der Waals surface area contributed by atoms with Gasteiger partial charge in [0.1, 0.15) is 0 Å². The molecule has 1 aromatic rings. The molecule has 15 heavy (non-hydrogen) atoms.